The van der Waals surface area contributed by atoms with E-state index in [0.29, 0.717) is 31.6 Å². The molecule has 3 N–H and O–H groups in total. The van der Waals surface area contributed by atoms with Crippen LogP contribution in [0.15, 0.2) is 45.8 Å². The van der Waals surface area contributed by atoms with Crippen molar-refractivity contribution in [3.8, 4) is 11.5 Å². The van der Waals surface area contributed by atoms with Crippen molar-refractivity contribution in [3.63, 3.8) is 0 Å². The van der Waals surface area contributed by atoms with Gasteiger partial charge in [-0.15, -0.1) is 0 Å². The lowest BCUT2D eigenvalue weighted by atomic mass is 10.2. The van der Waals surface area contributed by atoms with Gasteiger partial charge < -0.3 is 25.2 Å². The fraction of sp³-hybridized carbons (Fsp3) is 0.158. The molecule has 1 saturated heterocycles. The number of carboxylic acids is 1. The molecule has 1 atom stereocenters. The molecule has 1 heterocycles. The Hall–Kier alpha value is -2.36. The van der Waals surface area contributed by atoms with Crippen molar-refractivity contribution < 1.29 is 24.2 Å². The molecular weight excluding hydrogens is 484 g/mol. The highest BCUT2D eigenvalue weighted by atomic mass is 79.9. The molecule has 1 aliphatic rings. The van der Waals surface area contributed by atoms with Gasteiger partial charge in [-0.05, 0) is 57.9 Å². The highest BCUT2D eigenvalue weighted by Crippen LogP contribution is 2.35. The third-order valence-corrected chi connectivity index (χ3v) is 5.67. The van der Waals surface area contributed by atoms with Gasteiger partial charge >= 0.3 is 5.97 Å². The number of hydrogen-bond acceptors (Lipinski definition) is 6. The van der Waals surface area contributed by atoms with Crippen molar-refractivity contribution in [1.29, 1.82) is 0 Å². The van der Waals surface area contributed by atoms with Gasteiger partial charge in [-0.2, -0.15) is 0 Å². The number of anilines is 1. The van der Waals surface area contributed by atoms with Crippen molar-refractivity contribution in [3.05, 3.63) is 56.4 Å². The van der Waals surface area contributed by atoms with E-state index >= 15 is 0 Å². The lowest BCUT2D eigenvalue weighted by Crippen LogP contribution is -2.31. The number of methoxy groups -OCH3 is 1. The van der Waals surface area contributed by atoms with Gasteiger partial charge in [0, 0.05) is 5.02 Å². The summed E-state index contributed by atoms with van der Waals surface area (Å²) < 4.78 is 11.1. The summed E-state index contributed by atoms with van der Waals surface area (Å²) in [6.45, 7) is -0.433. The van der Waals surface area contributed by atoms with Crippen LogP contribution >= 0.6 is 39.3 Å². The Morgan fingerprint density at radius 3 is 2.79 bits per heavy atom. The topological polar surface area (TPSA) is 96.9 Å². The van der Waals surface area contributed by atoms with Crippen molar-refractivity contribution in [2.24, 2.45) is 0 Å². The molecule has 0 saturated carbocycles. The minimum Gasteiger partial charge on any atom is -0.495 e. The highest BCUT2D eigenvalue weighted by Gasteiger charge is 2.28. The van der Waals surface area contributed by atoms with E-state index in [-0.39, 0.29) is 11.4 Å². The van der Waals surface area contributed by atoms with E-state index in [1.54, 1.807) is 49.6 Å². The lowest BCUT2D eigenvalue weighted by Gasteiger charge is -2.15. The quantitative estimate of drug-likeness (QED) is 0.492. The second kappa shape index (κ2) is 9.43. The number of nitrogens with one attached hydrogen (secondary N) is 2. The number of carboxylic acid groups (broad SMARTS) is 1. The maximum absolute atomic E-state index is 12.3. The van der Waals surface area contributed by atoms with Crippen LogP contribution in [0.4, 0.5) is 5.69 Å². The first-order valence-electron chi connectivity index (χ1n) is 8.29. The number of amides is 1. The molecule has 0 aromatic heterocycles. The molecule has 1 unspecified atom stereocenters. The highest BCUT2D eigenvalue weighted by molar-refractivity contribution is 9.10. The Kier molecular flexibility index (Phi) is 6.94. The predicted molar refractivity (Wildman–Crippen MR) is 116 cm³/mol. The first-order valence-corrected chi connectivity index (χ1v) is 10.3. The second-order valence-electron chi connectivity index (χ2n) is 5.84. The van der Waals surface area contributed by atoms with E-state index in [2.05, 4.69) is 26.6 Å². The summed E-state index contributed by atoms with van der Waals surface area (Å²) in [5.41, 5.74) is 1.04. The molecule has 7 nitrogen and oxygen atoms in total. The standard InChI is InChI=1S/C19H16BrClN2O5S/c1-27-15-5-3-11(21)8-13(15)22-19-23-18(26)16(29-19)7-10-2-4-14(12(20)6-10)28-9-17(24)25/h2-8,19,22H,9H2,1H3,(H,23,26)(H,24,25)/b16-7-. The smallest absolute Gasteiger partial charge is 0.341 e. The van der Waals surface area contributed by atoms with Gasteiger partial charge in [0.1, 0.15) is 11.5 Å². The van der Waals surface area contributed by atoms with Gasteiger partial charge in [0.2, 0.25) is 0 Å². The molecule has 1 amide bonds. The zero-order valence-electron chi connectivity index (χ0n) is 15.1. The molecule has 0 aliphatic carbocycles. The Morgan fingerprint density at radius 1 is 1.34 bits per heavy atom. The number of carbonyl (C=O) groups is 2. The summed E-state index contributed by atoms with van der Waals surface area (Å²) in [5, 5.41) is 15.3. The van der Waals surface area contributed by atoms with Crippen LogP contribution in [0.2, 0.25) is 5.02 Å². The minimum absolute atomic E-state index is 0.212. The number of aliphatic carboxylic acids is 1. The third kappa shape index (κ3) is 5.59. The van der Waals surface area contributed by atoms with E-state index in [9.17, 15) is 9.59 Å². The van der Waals surface area contributed by atoms with Gasteiger partial charge in [0.25, 0.3) is 5.91 Å². The monoisotopic (exact) mass is 498 g/mol. The normalized spacial score (nSPS) is 17.1. The third-order valence-electron chi connectivity index (χ3n) is 3.78. The van der Waals surface area contributed by atoms with Gasteiger partial charge in [0.05, 0.1) is 22.2 Å². The van der Waals surface area contributed by atoms with Gasteiger partial charge in [-0.3, -0.25) is 4.79 Å². The maximum atomic E-state index is 12.3. The van der Waals surface area contributed by atoms with Crippen LogP contribution < -0.4 is 20.1 Å². The van der Waals surface area contributed by atoms with E-state index < -0.39 is 12.6 Å². The van der Waals surface area contributed by atoms with Crippen molar-refractivity contribution >= 4 is 62.9 Å². The lowest BCUT2D eigenvalue weighted by molar-refractivity contribution is -0.139. The number of ether oxygens (including phenoxy) is 2. The fourth-order valence-electron chi connectivity index (χ4n) is 2.51. The summed E-state index contributed by atoms with van der Waals surface area (Å²) in [6.07, 6.45) is 1.74. The van der Waals surface area contributed by atoms with E-state index in [0.717, 1.165) is 5.56 Å². The molecule has 2 aromatic rings. The van der Waals surface area contributed by atoms with Gasteiger partial charge in [-0.25, -0.2) is 4.79 Å². The molecule has 3 rings (SSSR count). The molecule has 0 spiro atoms. The van der Waals surface area contributed by atoms with Gasteiger partial charge in [-0.1, -0.05) is 29.4 Å². The number of hydrogen-bond donors (Lipinski definition) is 3. The number of halogens is 2. The first kappa shape index (κ1) is 21.4. The zero-order chi connectivity index (χ0) is 21.0. The van der Waals surface area contributed by atoms with Crippen LogP contribution in [0.5, 0.6) is 11.5 Å². The molecular formula is C19H16BrClN2O5S. The molecule has 0 bridgehead atoms. The number of benzene rings is 2. The Bertz CT molecular complexity index is 985. The van der Waals surface area contributed by atoms with E-state index in [1.165, 1.54) is 11.8 Å². The second-order valence-corrected chi connectivity index (χ2v) is 8.28. The summed E-state index contributed by atoms with van der Waals surface area (Å²) in [4.78, 5) is 23.5. The van der Waals surface area contributed by atoms with Crippen LogP contribution in [-0.2, 0) is 9.59 Å². The summed E-state index contributed by atoms with van der Waals surface area (Å²) in [6, 6.07) is 10.3. The molecule has 1 fully saturated rings. The largest absolute Gasteiger partial charge is 0.495 e. The average Bonchev–Trinajstić information content (AvgIpc) is 3.00. The maximum Gasteiger partial charge on any atom is 0.341 e. The summed E-state index contributed by atoms with van der Waals surface area (Å²) in [5.74, 6) is -0.249. The molecule has 10 heteroatoms. The Balaban J connectivity index is 1.72. The molecule has 0 radical (unpaired) electrons. The molecule has 2 aromatic carbocycles. The fourth-order valence-corrected chi connectivity index (χ4v) is 4.17. The van der Waals surface area contributed by atoms with Crippen LogP contribution in [0.25, 0.3) is 6.08 Å². The van der Waals surface area contributed by atoms with Crippen LogP contribution in [0.3, 0.4) is 0 Å². The van der Waals surface area contributed by atoms with Crippen LogP contribution in [0.1, 0.15) is 5.56 Å². The van der Waals surface area contributed by atoms with Crippen molar-refractivity contribution in [1.82, 2.24) is 5.32 Å². The summed E-state index contributed by atoms with van der Waals surface area (Å²) in [7, 11) is 1.56. The van der Waals surface area contributed by atoms with Crippen molar-refractivity contribution in [2.45, 2.75) is 5.50 Å². The molecule has 1 aliphatic heterocycles. The van der Waals surface area contributed by atoms with E-state index in [1.807, 2.05) is 0 Å². The average molecular weight is 500 g/mol. The number of carbonyl (C=O) groups excluding carboxylic acids is 1. The summed E-state index contributed by atoms with van der Waals surface area (Å²) >= 11 is 10.7. The van der Waals surface area contributed by atoms with Crippen LogP contribution in [-0.4, -0.2) is 36.2 Å². The molecule has 152 valence electrons. The Morgan fingerprint density at radius 2 is 2.10 bits per heavy atom. The Labute approximate surface area is 184 Å². The van der Waals surface area contributed by atoms with Crippen LogP contribution in [0, 0.1) is 0 Å². The minimum atomic E-state index is -1.06. The van der Waals surface area contributed by atoms with Gasteiger partial charge in [0.15, 0.2) is 12.1 Å². The SMILES string of the molecule is COc1ccc(Cl)cc1NC1NC(=O)/C(=C/c2ccc(OCC(=O)O)c(Br)c2)S1. The predicted octanol–water partition coefficient (Wildman–Crippen LogP) is 4.17. The van der Waals surface area contributed by atoms with Crippen molar-refractivity contribution in [2.75, 3.05) is 19.0 Å². The number of rotatable bonds is 7. The zero-order valence-corrected chi connectivity index (χ0v) is 18.2. The molecule has 29 heavy (non-hydrogen) atoms. The number of thioether (sulfide) groups is 1. The first-order chi connectivity index (χ1) is 13.9. The van der Waals surface area contributed by atoms with E-state index in [4.69, 9.17) is 26.2 Å².